The number of methoxy groups -OCH3 is 1. The largest absolute Gasteiger partial charge is 0.490 e. The van der Waals surface area contributed by atoms with Crippen LogP contribution in [0.5, 0.6) is 5.75 Å². The van der Waals surface area contributed by atoms with E-state index in [4.69, 9.17) is 4.74 Å². The van der Waals surface area contributed by atoms with Crippen LogP contribution in [-0.4, -0.2) is 35.1 Å². The lowest BCUT2D eigenvalue weighted by atomic mass is 9.63. The number of rotatable bonds is 4. The van der Waals surface area contributed by atoms with Gasteiger partial charge in [-0.2, -0.15) is 10.1 Å². The highest BCUT2D eigenvalue weighted by molar-refractivity contribution is 6.06. The van der Waals surface area contributed by atoms with Crippen molar-refractivity contribution >= 4 is 23.7 Å². The van der Waals surface area contributed by atoms with E-state index in [1.807, 2.05) is 0 Å². The zero-order valence-electron chi connectivity index (χ0n) is 14.5. The number of amides is 2. The lowest BCUT2D eigenvalue weighted by Crippen LogP contribution is -2.40. The Hall–Kier alpha value is -3.03. The van der Waals surface area contributed by atoms with Crippen LogP contribution in [0.4, 0.5) is 5.69 Å². The molecule has 4 aliphatic carbocycles. The Morgan fingerprint density at radius 3 is 2.37 bits per heavy atom. The number of carbonyl (C=O) groups is 2. The van der Waals surface area contributed by atoms with Crippen LogP contribution in [0.15, 0.2) is 35.5 Å². The fourth-order valence-electron chi connectivity index (χ4n) is 5.11. The zero-order chi connectivity index (χ0) is 18.9. The minimum atomic E-state index is -0.549. The molecule has 1 heterocycles. The Morgan fingerprint density at radius 2 is 1.81 bits per heavy atom. The molecule has 1 aromatic rings. The Bertz CT molecular complexity index is 903. The van der Waals surface area contributed by atoms with Crippen molar-refractivity contribution in [3.63, 3.8) is 0 Å². The van der Waals surface area contributed by atoms with Crippen molar-refractivity contribution in [1.29, 1.82) is 0 Å². The molecule has 5 aliphatic rings. The second-order valence-electron chi connectivity index (χ2n) is 7.58. The van der Waals surface area contributed by atoms with Gasteiger partial charge in [0, 0.05) is 11.6 Å². The van der Waals surface area contributed by atoms with Gasteiger partial charge in [0.05, 0.1) is 30.1 Å². The number of hydrogen-bond acceptors (Lipinski definition) is 6. The van der Waals surface area contributed by atoms with Gasteiger partial charge < -0.3 is 4.74 Å². The predicted molar refractivity (Wildman–Crippen MR) is 93.8 cm³/mol. The van der Waals surface area contributed by atoms with Crippen LogP contribution in [0.3, 0.4) is 0 Å². The summed E-state index contributed by atoms with van der Waals surface area (Å²) in [7, 11) is 1.35. The summed E-state index contributed by atoms with van der Waals surface area (Å²) in [5.41, 5.74) is 0.221. The molecule has 0 N–H and O–H groups in total. The third-order valence-electron chi connectivity index (χ3n) is 6.36. The summed E-state index contributed by atoms with van der Waals surface area (Å²) in [4.78, 5) is 36.2. The first-order valence-electron chi connectivity index (χ1n) is 8.94. The summed E-state index contributed by atoms with van der Waals surface area (Å²) in [5.74, 6) is 0.364. The van der Waals surface area contributed by atoms with Gasteiger partial charge in [-0.25, -0.2) is 0 Å². The summed E-state index contributed by atoms with van der Waals surface area (Å²) in [6.07, 6.45) is 6.63. The first-order chi connectivity index (χ1) is 13.0. The molecule has 2 amide bonds. The van der Waals surface area contributed by atoms with E-state index in [1.165, 1.54) is 25.5 Å². The van der Waals surface area contributed by atoms with E-state index in [-0.39, 0.29) is 46.9 Å². The summed E-state index contributed by atoms with van der Waals surface area (Å²) >= 11 is 0. The van der Waals surface area contributed by atoms with E-state index in [0.717, 1.165) is 11.4 Å². The second kappa shape index (κ2) is 5.48. The second-order valence-corrected chi connectivity index (χ2v) is 7.58. The molecule has 138 valence electrons. The first-order valence-corrected chi connectivity index (χ1v) is 8.94. The molecule has 0 unspecified atom stereocenters. The average molecular weight is 367 g/mol. The first kappa shape index (κ1) is 16.2. The molecule has 6 rings (SSSR count). The number of allylic oxidation sites excluding steroid dienone is 2. The molecule has 0 spiro atoms. The summed E-state index contributed by atoms with van der Waals surface area (Å²) in [5, 5.41) is 16.2. The Kier molecular flexibility index (Phi) is 3.28. The topological polar surface area (TPSA) is 102 Å². The molecule has 8 heteroatoms. The van der Waals surface area contributed by atoms with Gasteiger partial charge in [0.2, 0.25) is 0 Å². The molecular formula is C19H17N3O5. The molecule has 2 bridgehead atoms. The molecule has 27 heavy (non-hydrogen) atoms. The minimum absolute atomic E-state index is 0.137. The lowest BCUT2D eigenvalue weighted by molar-refractivity contribution is -0.385. The highest BCUT2D eigenvalue weighted by atomic mass is 16.6. The van der Waals surface area contributed by atoms with Gasteiger partial charge in [0.25, 0.3) is 11.8 Å². The maximum Gasteiger partial charge on any atom is 0.311 e. The Balaban J connectivity index is 1.42. The normalized spacial score (nSPS) is 35.5. The van der Waals surface area contributed by atoms with Crippen LogP contribution in [-0.2, 0) is 9.59 Å². The molecular weight excluding hydrogens is 350 g/mol. The van der Waals surface area contributed by atoms with Crippen LogP contribution in [0.2, 0.25) is 0 Å². The molecule has 1 saturated heterocycles. The van der Waals surface area contributed by atoms with E-state index in [1.54, 1.807) is 6.07 Å². The Morgan fingerprint density at radius 1 is 1.19 bits per heavy atom. The van der Waals surface area contributed by atoms with E-state index < -0.39 is 4.92 Å². The van der Waals surface area contributed by atoms with Gasteiger partial charge in [-0.1, -0.05) is 12.2 Å². The minimum Gasteiger partial charge on any atom is -0.490 e. The standard InChI is InChI=1S/C19H17N3O5/c1-27-15-5-2-9(6-14(15)22(25)26)8-20-21-18(23)16-10-3-4-11(13-7-12(10)13)17(16)19(21)24/h2-6,8,10-13,16-17H,7H2,1H3/b20-8-/t10-,11+,12+,13-,16+,17-. The van der Waals surface area contributed by atoms with Crippen molar-refractivity contribution < 1.29 is 19.2 Å². The van der Waals surface area contributed by atoms with Crippen molar-refractivity contribution in [3.8, 4) is 5.75 Å². The highest BCUT2D eigenvalue weighted by Gasteiger charge is 2.67. The van der Waals surface area contributed by atoms with Crippen molar-refractivity contribution in [1.82, 2.24) is 5.01 Å². The van der Waals surface area contributed by atoms with Crippen molar-refractivity contribution in [2.75, 3.05) is 7.11 Å². The Labute approximate surface area is 154 Å². The zero-order valence-corrected chi connectivity index (χ0v) is 14.5. The number of nitrogens with zero attached hydrogens (tertiary/aromatic N) is 3. The van der Waals surface area contributed by atoms with E-state index >= 15 is 0 Å². The molecule has 1 aromatic carbocycles. The van der Waals surface area contributed by atoms with Crippen LogP contribution in [0, 0.1) is 45.6 Å². The number of imide groups is 1. The van der Waals surface area contributed by atoms with E-state index in [9.17, 15) is 19.7 Å². The summed E-state index contributed by atoms with van der Waals surface area (Å²) in [6, 6.07) is 4.36. The smallest absolute Gasteiger partial charge is 0.311 e. The summed E-state index contributed by atoms with van der Waals surface area (Å²) in [6.45, 7) is 0. The lowest BCUT2D eigenvalue weighted by Gasteiger charge is -2.37. The van der Waals surface area contributed by atoms with E-state index in [2.05, 4.69) is 17.3 Å². The van der Waals surface area contributed by atoms with Crippen molar-refractivity contribution in [2.45, 2.75) is 6.42 Å². The SMILES string of the molecule is COc1ccc(/C=N\N2C(=O)[C@@H]3[C@H]4C=C[C@H]([C@@H]5C[C@H]45)[C@@H]3C2=O)cc1[N+](=O)[O-]. The maximum absolute atomic E-state index is 12.8. The monoisotopic (exact) mass is 367 g/mol. The van der Waals surface area contributed by atoms with Crippen LogP contribution in [0.25, 0.3) is 0 Å². The number of ether oxygens (including phenoxy) is 1. The molecule has 1 aliphatic heterocycles. The molecule has 3 fully saturated rings. The number of hydrazone groups is 1. The van der Waals surface area contributed by atoms with Gasteiger partial charge in [0.15, 0.2) is 5.75 Å². The number of carbonyl (C=O) groups excluding carboxylic acids is 2. The third kappa shape index (κ3) is 2.19. The van der Waals surface area contributed by atoms with Crippen LogP contribution >= 0.6 is 0 Å². The van der Waals surface area contributed by atoms with Gasteiger partial charge in [-0.3, -0.25) is 19.7 Å². The third-order valence-corrected chi connectivity index (χ3v) is 6.36. The van der Waals surface area contributed by atoms with Gasteiger partial charge in [-0.05, 0) is 42.2 Å². The molecule has 0 radical (unpaired) electrons. The van der Waals surface area contributed by atoms with Crippen LogP contribution in [0.1, 0.15) is 12.0 Å². The van der Waals surface area contributed by atoms with Crippen molar-refractivity contribution in [3.05, 3.63) is 46.0 Å². The fourth-order valence-corrected chi connectivity index (χ4v) is 5.11. The number of nitro benzene ring substituents is 1. The fraction of sp³-hybridized carbons (Fsp3) is 0.421. The average Bonchev–Trinajstić information content (AvgIpc) is 3.45. The highest BCUT2D eigenvalue weighted by Crippen LogP contribution is 2.65. The van der Waals surface area contributed by atoms with E-state index in [0.29, 0.717) is 17.4 Å². The number of hydrogen-bond donors (Lipinski definition) is 0. The maximum atomic E-state index is 12.8. The predicted octanol–water partition coefficient (Wildman–Crippen LogP) is 1.99. The summed E-state index contributed by atoms with van der Waals surface area (Å²) < 4.78 is 4.97. The van der Waals surface area contributed by atoms with Crippen molar-refractivity contribution in [2.24, 2.45) is 40.6 Å². The van der Waals surface area contributed by atoms with Crippen LogP contribution < -0.4 is 4.74 Å². The van der Waals surface area contributed by atoms with Gasteiger partial charge >= 0.3 is 5.69 Å². The molecule has 2 saturated carbocycles. The molecule has 6 atom stereocenters. The number of nitro groups is 1. The quantitative estimate of drug-likeness (QED) is 0.266. The van der Waals surface area contributed by atoms with Gasteiger partial charge in [0.1, 0.15) is 0 Å². The molecule has 0 aromatic heterocycles. The van der Waals surface area contributed by atoms with Gasteiger partial charge in [-0.15, -0.1) is 0 Å². The molecule has 8 nitrogen and oxygen atoms in total. The number of benzene rings is 1.